The molecule has 0 aromatic carbocycles. The van der Waals surface area contributed by atoms with E-state index in [1.807, 2.05) is 25.7 Å². The van der Waals surface area contributed by atoms with Gasteiger partial charge in [0.15, 0.2) is 5.75 Å². The average Bonchev–Trinajstić information content (AvgIpc) is 2.72. The second kappa shape index (κ2) is 9.10. The maximum absolute atomic E-state index is 13.8. The Morgan fingerprint density at radius 2 is 1.77 bits per heavy atom. The van der Waals surface area contributed by atoms with Crippen molar-refractivity contribution in [3.63, 3.8) is 0 Å². The molecule has 0 unspecified atom stereocenters. The van der Waals surface area contributed by atoms with Crippen LogP contribution < -0.4 is 14.4 Å². The van der Waals surface area contributed by atoms with Crippen LogP contribution in [0.4, 0.5) is 15.1 Å². The van der Waals surface area contributed by atoms with Crippen molar-refractivity contribution in [3.8, 4) is 11.6 Å². The number of amides is 1. The highest BCUT2D eigenvalue weighted by molar-refractivity contribution is 5.68. The van der Waals surface area contributed by atoms with E-state index >= 15 is 0 Å². The van der Waals surface area contributed by atoms with Gasteiger partial charge in [0.05, 0.1) is 25.7 Å². The van der Waals surface area contributed by atoms with Crippen LogP contribution in [0, 0.1) is 5.82 Å². The Kier molecular flexibility index (Phi) is 6.53. The van der Waals surface area contributed by atoms with E-state index in [0.717, 1.165) is 6.20 Å². The van der Waals surface area contributed by atoms with Crippen molar-refractivity contribution < 1.29 is 23.4 Å². The minimum Gasteiger partial charge on any atom is -0.486 e. The van der Waals surface area contributed by atoms with Crippen molar-refractivity contribution in [1.82, 2.24) is 19.9 Å². The number of nitrogens with zero attached hydrogens (tertiary/aromatic N) is 5. The number of piperazine rings is 1. The van der Waals surface area contributed by atoms with Crippen LogP contribution in [-0.2, 0) is 11.3 Å². The predicted molar refractivity (Wildman–Crippen MR) is 107 cm³/mol. The van der Waals surface area contributed by atoms with Crippen molar-refractivity contribution >= 4 is 12.0 Å². The van der Waals surface area contributed by atoms with Crippen LogP contribution in [-0.4, -0.2) is 64.8 Å². The van der Waals surface area contributed by atoms with Gasteiger partial charge in [-0.3, -0.25) is 0 Å². The first-order valence-corrected chi connectivity index (χ1v) is 9.61. The fraction of sp³-hybridized carbons (Fsp3) is 0.500. The summed E-state index contributed by atoms with van der Waals surface area (Å²) in [6, 6.07) is 1.48. The molecule has 0 bridgehead atoms. The molecular weight excluding hydrogens is 393 g/mol. The quantitative estimate of drug-likeness (QED) is 0.731. The van der Waals surface area contributed by atoms with Crippen LogP contribution in [0.2, 0.25) is 0 Å². The lowest BCUT2D eigenvalue weighted by Gasteiger charge is -2.35. The summed E-state index contributed by atoms with van der Waals surface area (Å²) in [6.45, 7) is 7.79. The summed E-state index contributed by atoms with van der Waals surface area (Å²) in [7, 11) is 1.46. The Balaban J connectivity index is 1.52. The lowest BCUT2D eigenvalue weighted by Crippen LogP contribution is -2.50. The Morgan fingerprint density at radius 1 is 1.10 bits per heavy atom. The van der Waals surface area contributed by atoms with Crippen molar-refractivity contribution in [2.24, 2.45) is 0 Å². The highest BCUT2D eigenvalue weighted by Crippen LogP contribution is 2.19. The number of ether oxygens (including phenoxy) is 3. The van der Waals surface area contributed by atoms with Gasteiger partial charge in [0.2, 0.25) is 11.8 Å². The molecule has 0 aliphatic carbocycles. The fourth-order valence-electron chi connectivity index (χ4n) is 2.80. The molecule has 1 aliphatic heterocycles. The van der Waals surface area contributed by atoms with Crippen LogP contribution in [0.15, 0.2) is 24.7 Å². The van der Waals surface area contributed by atoms with E-state index in [1.54, 1.807) is 17.3 Å². The molecular formula is C20H26FN5O4. The molecule has 2 aromatic heterocycles. The van der Waals surface area contributed by atoms with Gasteiger partial charge in [-0.2, -0.15) is 0 Å². The van der Waals surface area contributed by atoms with Gasteiger partial charge in [-0.15, -0.1) is 0 Å². The maximum Gasteiger partial charge on any atom is 0.410 e. The second-order valence-electron chi connectivity index (χ2n) is 7.78. The number of aromatic nitrogens is 3. The van der Waals surface area contributed by atoms with Gasteiger partial charge in [-0.05, 0) is 20.8 Å². The van der Waals surface area contributed by atoms with Gasteiger partial charge < -0.3 is 24.0 Å². The van der Waals surface area contributed by atoms with E-state index in [9.17, 15) is 9.18 Å². The van der Waals surface area contributed by atoms with E-state index < -0.39 is 11.4 Å². The average molecular weight is 419 g/mol. The van der Waals surface area contributed by atoms with Crippen molar-refractivity contribution in [1.29, 1.82) is 0 Å². The van der Waals surface area contributed by atoms with Crippen molar-refractivity contribution in [2.45, 2.75) is 33.0 Å². The molecule has 0 radical (unpaired) electrons. The van der Waals surface area contributed by atoms with Gasteiger partial charge in [-0.25, -0.2) is 24.1 Å². The number of carbonyl (C=O) groups excluding carboxylic acids is 1. The molecule has 2 aromatic rings. The fourth-order valence-corrected chi connectivity index (χ4v) is 2.80. The Labute approximate surface area is 174 Å². The molecule has 10 heteroatoms. The zero-order chi connectivity index (χ0) is 21.7. The summed E-state index contributed by atoms with van der Waals surface area (Å²) in [6.07, 6.45) is 3.86. The molecule has 1 amide bonds. The summed E-state index contributed by atoms with van der Waals surface area (Å²) < 4.78 is 29.8. The van der Waals surface area contributed by atoms with Crippen LogP contribution in [0.1, 0.15) is 26.3 Å². The monoisotopic (exact) mass is 419 g/mol. The summed E-state index contributed by atoms with van der Waals surface area (Å²) in [4.78, 5) is 28.3. The Hall–Kier alpha value is -3.17. The zero-order valence-electron chi connectivity index (χ0n) is 17.6. The maximum atomic E-state index is 13.8. The predicted octanol–water partition coefficient (Wildman–Crippen LogP) is 2.66. The van der Waals surface area contributed by atoms with Crippen molar-refractivity contribution in [2.75, 3.05) is 38.2 Å². The Bertz CT molecular complexity index is 864. The molecule has 3 rings (SSSR count). The number of methoxy groups -OCH3 is 1. The number of pyridine rings is 1. The number of rotatable bonds is 5. The van der Waals surface area contributed by atoms with Gasteiger partial charge in [0.1, 0.15) is 18.0 Å². The molecule has 3 heterocycles. The molecule has 0 saturated carbocycles. The number of anilines is 1. The summed E-state index contributed by atoms with van der Waals surface area (Å²) in [5.74, 6) is 0.799. The van der Waals surface area contributed by atoms with E-state index in [2.05, 4.69) is 15.0 Å². The summed E-state index contributed by atoms with van der Waals surface area (Å²) >= 11 is 0. The summed E-state index contributed by atoms with van der Waals surface area (Å²) in [5, 5.41) is 0. The first kappa shape index (κ1) is 21.5. The normalized spacial score (nSPS) is 14.4. The molecule has 1 aliphatic rings. The lowest BCUT2D eigenvalue weighted by molar-refractivity contribution is 0.0240. The topological polar surface area (TPSA) is 89.9 Å². The third kappa shape index (κ3) is 5.68. The van der Waals surface area contributed by atoms with E-state index in [1.165, 1.54) is 13.2 Å². The van der Waals surface area contributed by atoms with E-state index in [0.29, 0.717) is 49.3 Å². The highest BCUT2D eigenvalue weighted by Gasteiger charge is 2.26. The largest absolute Gasteiger partial charge is 0.486 e. The first-order valence-electron chi connectivity index (χ1n) is 9.61. The number of hydrogen-bond donors (Lipinski definition) is 0. The third-order valence-corrected chi connectivity index (χ3v) is 4.34. The molecule has 30 heavy (non-hydrogen) atoms. The third-order valence-electron chi connectivity index (χ3n) is 4.34. The van der Waals surface area contributed by atoms with Crippen molar-refractivity contribution in [3.05, 3.63) is 36.0 Å². The van der Waals surface area contributed by atoms with Gasteiger partial charge >= 0.3 is 6.09 Å². The molecule has 1 fully saturated rings. The smallest absolute Gasteiger partial charge is 0.410 e. The SMILES string of the molecule is COc1cc(COc2cnc(N3CCN(C(=O)OC(C)(C)C)CC3)nc2)c(F)cn1. The van der Waals surface area contributed by atoms with Gasteiger partial charge in [0, 0.05) is 37.8 Å². The Morgan fingerprint density at radius 3 is 2.37 bits per heavy atom. The second-order valence-corrected chi connectivity index (χ2v) is 7.78. The number of hydrogen-bond acceptors (Lipinski definition) is 8. The van der Waals surface area contributed by atoms with Crippen LogP contribution in [0.25, 0.3) is 0 Å². The van der Waals surface area contributed by atoms with Crippen LogP contribution in [0.5, 0.6) is 11.6 Å². The first-order chi connectivity index (χ1) is 14.2. The standard InChI is InChI=1S/C20H26FN5O4/c1-20(2,3)30-19(27)26-7-5-25(6-8-26)18-23-10-15(11-24-18)29-13-14-9-17(28-4)22-12-16(14)21/h9-12H,5-8,13H2,1-4H3. The van der Waals surface area contributed by atoms with Crippen LogP contribution in [0.3, 0.4) is 0 Å². The molecule has 162 valence electrons. The van der Waals surface area contributed by atoms with Crippen LogP contribution >= 0.6 is 0 Å². The lowest BCUT2D eigenvalue weighted by atomic mass is 10.2. The zero-order valence-corrected chi connectivity index (χ0v) is 17.6. The highest BCUT2D eigenvalue weighted by atomic mass is 19.1. The molecule has 9 nitrogen and oxygen atoms in total. The molecule has 0 atom stereocenters. The minimum atomic E-state index is -0.516. The molecule has 0 spiro atoms. The number of carbonyl (C=O) groups is 1. The van der Waals surface area contributed by atoms with E-state index in [4.69, 9.17) is 14.2 Å². The number of halogens is 1. The summed E-state index contributed by atoms with van der Waals surface area (Å²) in [5.41, 5.74) is -0.193. The molecule has 0 N–H and O–H groups in total. The van der Waals surface area contributed by atoms with E-state index in [-0.39, 0.29) is 12.7 Å². The molecule has 1 saturated heterocycles. The van der Waals surface area contributed by atoms with Gasteiger partial charge in [0.25, 0.3) is 0 Å². The van der Waals surface area contributed by atoms with Gasteiger partial charge in [-0.1, -0.05) is 0 Å². The minimum absolute atomic E-state index is 0.00197.